The molecule has 0 unspecified atom stereocenters. The predicted molar refractivity (Wildman–Crippen MR) is 108 cm³/mol. The van der Waals surface area contributed by atoms with Crippen molar-refractivity contribution in [2.45, 2.75) is 25.2 Å². The minimum atomic E-state index is -3.84. The van der Waals surface area contributed by atoms with E-state index in [2.05, 4.69) is 0 Å². The molecule has 0 radical (unpaired) electrons. The number of carbonyl (C=O) groups is 3. The summed E-state index contributed by atoms with van der Waals surface area (Å²) in [5, 5.41) is 10.7. The molecule has 174 valence electrons. The van der Waals surface area contributed by atoms with Crippen LogP contribution in [-0.4, -0.2) is 91.2 Å². The summed E-state index contributed by atoms with van der Waals surface area (Å²) in [5.74, 6) is -0.647. The lowest BCUT2D eigenvalue weighted by Gasteiger charge is -2.25. The second kappa shape index (κ2) is 9.08. The third-order valence-electron chi connectivity index (χ3n) is 5.09. The Bertz CT molecular complexity index is 1030. The highest BCUT2D eigenvalue weighted by molar-refractivity contribution is 7.86. The summed E-state index contributed by atoms with van der Waals surface area (Å²) in [6.45, 7) is 0.0385. The van der Waals surface area contributed by atoms with Crippen LogP contribution in [-0.2, 0) is 30.4 Å². The van der Waals surface area contributed by atoms with E-state index in [1.165, 1.54) is 36.2 Å². The Morgan fingerprint density at radius 1 is 1.22 bits per heavy atom. The van der Waals surface area contributed by atoms with Crippen LogP contribution in [0.1, 0.15) is 12.0 Å². The van der Waals surface area contributed by atoms with Crippen molar-refractivity contribution < 1.29 is 36.6 Å². The Labute approximate surface area is 183 Å². The van der Waals surface area contributed by atoms with Crippen molar-refractivity contribution in [3.05, 3.63) is 39.9 Å². The van der Waals surface area contributed by atoms with Crippen molar-refractivity contribution in [3.63, 3.8) is 0 Å². The number of non-ortho nitro benzene ring substituents is 1. The number of ether oxygens (including phenoxy) is 1. The Hall–Kier alpha value is -3.26. The lowest BCUT2D eigenvalue weighted by atomic mass is 10.2. The number of hydrogen-bond donors (Lipinski definition) is 0. The van der Waals surface area contributed by atoms with Crippen LogP contribution < -0.4 is 0 Å². The van der Waals surface area contributed by atoms with Gasteiger partial charge < -0.3 is 9.64 Å². The van der Waals surface area contributed by atoms with Gasteiger partial charge in [0.25, 0.3) is 21.7 Å². The summed E-state index contributed by atoms with van der Waals surface area (Å²) in [7, 11) is -2.31. The minimum absolute atomic E-state index is 0.119. The topological polar surface area (TPSA) is 157 Å². The molecular formula is C18H22N4O9S. The van der Waals surface area contributed by atoms with Gasteiger partial charge in [0.15, 0.2) is 0 Å². The fourth-order valence-electron chi connectivity index (χ4n) is 3.52. The van der Waals surface area contributed by atoms with Gasteiger partial charge in [0.2, 0.25) is 0 Å². The van der Waals surface area contributed by atoms with Crippen LogP contribution in [0.5, 0.6) is 0 Å². The molecule has 2 aliphatic rings. The van der Waals surface area contributed by atoms with E-state index in [1.807, 2.05) is 0 Å². The maximum Gasteiger partial charge on any atom is 0.410 e. The van der Waals surface area contributed by atoms with Crippen molar-refractivity contribution in [1.82, 2.24) is 14.7 Å². The third-order valence-corrected chi connectivity index (χ3v) is 5.71. The van der Waals surface area contributed by atoms with Crippen molar-refractivity contribution >= 4 is 33.8 Å². The average molecular weight is 470 g/mol. The van der Waals surface area contributed by atoms with Gasteiger partial charge in [0, 0.05) is 38.7 Å². The van der Waals surface area contributed by atoms with E-state index in [-0.39, 0.29) is 31.8 Å². The molecule has 0 spiro atoms. The second-order valence-corrected chi connectivity index (χ2v) is 9.10. The van der Waals surface area contributed by atoms with Crippen LogP contribution in [0.4, 0.5) is 15.3 Å². The number of nitrogens with zero attached hydrogens (tertiary/aromatic N) is 4. The zero-order valence-electron chi connectivity index (χ0n) is 17.4. The summed E-state index contributed by atoms with van der Waals surface area (Å²) < 4.78 is 33.2. The van der Waals surface area contributed by atoms with Gasteiger partial charge in [-0.3, -0.25) is 28.9 Å². The number of amides is 4. The fraction of sp³-hybridized carbons (Fsp3) is 0.500. The van der Waals surface area contributed by atoms with E-state index in [1.54, 1.807) is 0 Å². The number of likely N-dealkylation sites (tertiary alicyclic amines) is 1. The number of nitro groups is 1. The van der Waals surface area contributed by atoms with Gasteiger partial charge in [-0.25, -0.2) is 9.59 Å². The summed E-state index contributed by atoms with van der Waals surface area (Å²) in [4.78, 5) is 51.4. The summed E-state index contributed by atoms with van der Waals surface area (Å²) in [6, 6.07) is 3.72. The number of carbonyl (C=O) groups excluding carboxylic acids is 3. The van der Waals surface area contributed by atoms with Crippen molar-refractivity contribution in [1.29, 1.82) is 0 Å². The van der Waals surface area contributed by atoms with Crippen LogP contribution in [0.25, 0.3) is 0 Å². The van der Waals surface area contributed by atoms with E-state index in [0.717, 1.165) is 16.1 Å². The van der Waals surface area contributed by atoms with E-state index < -0.39 is 45.2 Å². The second-order valence-electron chi connectivity index (χ2n) is 7.50. The summed E-state index contributed by atoms with van der Waals surface area (Å²) >= 11 is 0. The predicted octanol–water partition coefficient (Wildman–Crippen LogP) is 0.545. The molecule has 4 amide bonds. The molecule has 0 N–H and O–H groups in total. The van der Waals surface area contributed by atoms with Gasteiger partial charge in [0.05, 0.1) is 23.8 Å². The fourth-order valence-corrected chi connectivity index (χ4v) is 4.16. The highest BCUT2D eigenvalue weighted by Gasteiger charge is 2.46. The number of urea groups is 1. The number of benzene rings is 1. The molecule has 2 heterocycles. The minimum Gasteiger partial charge on any atom is -0.445 e. The Morgan fingerprint density at radius 3 is 2.41 bits per heavy atom. The van der Waals surface area contributed by atoms with E-state index in [9.17, 15) is 32.9 Å². The first-order valence-corrected chi connectivity index (χ1v) is 11.4. The van der Waals surface area contributed by atoms with E-state index in [4.69, 9.17) is 8.92 Å². The van der Waals surface area contributed by atoms with Gasteiger partial charge in [0.1, 0.15) is 12.6 Å². The quantitative estimate of drug-likeness (QED) is 0.329. The van der Waals surface area contributed by atoms with Gasteiger partial charge in [-0.05, 0) is 17.7 Å². The molecule has 2 atom stereocenters. The molecule has 3 rings (SSSR count). The number of likely N-dealkylation sites (N-methyl/N-ethyl adjacent to an activating group) is 1. The Balaban J connectivity index is 1.72. The van der Waals surface area contributed by atoms with Crippen LogP contribution >= 0.6 is 0 Å². The number of hydrogen-bond acceptors (Lipinski definition) is 9. The monoisotopic (exact) mass is 470 g/mol. The molecule has 0 aromatic heterocycles. The number of imide groups is 1. The molecule has 0 bridgehead atoms. The molecule has 2 saturated heterocycles. The lowest BCUT2D eigenvalue weighted by molar-refractivity contribution is -0.384. The summed E-state index contributed by atoms with van der Waals surface area (Å²) in [6.07, 6.45) is -1.13. The molecule has 2 aliphatic heterocycles. The summed E-state index contributed by atoms with van der Waals surface area (Å²) in [5.41, 5.74) is 0.359. The first-order chi connectivity index (χ1) is 15.0. The lowest BCUT2D eigenvalue weighted by Crippen LogP contribution is -2.49. The molecule has 0 saturated carbocycles. The SMILES string of the molecule is CN1CCN(C(=O)[C@@H]2C[C@@H](OS(C)(=O)=O)CN2C(=O)OCc2ccc([N+](=O)[O-])cc2)C1=O. The maximum atomic E-state index is 13.0. The van der Waals surface area contributed by atoms with Crippen LogP contribution in [0, 0.1) is 10.1 Å². The highest BCUT2D eigenvalue weighted by Crippen LogP contribution is 2.26. The zero-order valence-corrected chi connectivity index (χ0v) is 18.2. The van der Waals surface area contributed by atoms with Gasteiger partial charge >= 0.3 is 12.1 Å². The molecule has 32 heavy (non-hydrogen) atoms. The smallest absolute Gasteiger partial charge is 0.410 e. The molecule has 0 aliphatic carbocycles. The zero-order chi connectivity index (χ0) is 23.6. The first-order valence-electron chi connectivity index (χ1n) is 9.57. The molecule has 14 heteroatoms. The largest absolute Gasteiger partial charge is 0.445 e. The van der Waals surface area contributed by atoms with Crippen molar-refractivity contribution in [2.24, 2.45) is 0 Å². The van der Waals surface area contributed by atoms with Crippen molar-refractivity contribution in [3.8, 4) is 0 Å². The third kappa shape index (κ3) is 5.31. The van der Waals surface area contributed by atoms with Gasteiger partial charge in [-0.1, -0.05) is 0 Å². The van der Waals surface area contributed by atoms with Crippen molar-refractivity contribution in [2.75, 3.05) is 32.9 Å². The highest BCUT2D eigenvalue weighted by atomic mass is 32.2. The van der Waals surface area contributed by atoms with Crippen LogP contribution in [0.15, 0.2) is 24.3 Å². The molecular weight excluding hydrogens is 448 g/mol. The van der Waals surface area contributed by atoms with Gasteiger partial charge in [-0.2, -0.15) is 8.42 Å². The molecule has 1 aromatic rings. The van der Waals surface area contributed by atoms with Crippen LogP contribution in [0.3, 0.4) is 0 Å². The average Bonchev–Trinajstić information content (AvgIpc) is 3.28. The molecule has 2 fully saturated rings. The standard InChI is InChI=1S/C18H22N4O9S/c1-19-7-8-20(17(19)24)16(23)15-9-14(31-32(2,28)29)10-21(15)18(25)30-11-12-3-5-13(6-4-12)22(26)27/h3-6,14-15H,7-11H2,1-2H3/t14-,15+/m1/s1. The number of nitro benzene ring substituents is 1. The molecule has 13 nitrogen and oxygen atoms in total. The number of rotatable bonds is 6. The Morgan fingerprint density at radius 2 is 1.88 bits per heavy atom. The normalized spacial score (nSPS) is 21.2. The van der Waals surface area contributed by atoms with E-state index in [0.29, 0.717) is 12.1 Å². The maximum absolute atomic E-state index is 13.0. The van der Waals surface area contributed by atoms with Gasteiger partial charge in [-0.15, -0.1) is 0 Å². The molecule has 1 aromatic carbocycles. The Kier molecular flexibility index (Phi) is 6.64. The van der Waals surface area contributed by atoms with Crippen LogP contribution in [0.2, 0.25) is 0 Å². The van der Waals surface area contributed by atoms with E-state index >= 15 is 0 Å². The first kappa shape index (κ1) is 23.4.